The molecule has 1 aliphatic heterocycles. The Labute approximate surface area is 208 Å². The van der Waals surface area contributed by atoms with Gasteiger partial charge in [-0.2, -0.15) is 0 Å². The van der Waals surface area contributed by atoms with Crippen molar-refractivity contribution in [3.05, 3.63) is 39.5 Å². The summed E-state index contributed by atoms with van der Waals surface area (Å²) >= 11 is 2.16. The van der Waals surface area contributed by atoms with Crippen LogP contribution in [0.15, 0.2) is 35.9 Å². The second-order valence-corrected chi connectivity index (χ2v) is 9.54. The number of hydrogen-bond acceptors (Lipinski definition) is 6. The van der Waals surface area contributed by atoms with Crippen molar-refractivity contribution in [3.63, 3.8) is 0 Å². The Morgan fingerprint density at radius 2 is 2.12 bits per heavy atom. The van der Waals surface area contributed by atoms with Crippen LogP contribution in [0.25, 0.3) is 0 Å². The van der Waals surface area contributed by atoms with Gasteiger partial charge >= 0.3 is 0 Å². The topological polar surface area (TPSA) is 108 Å². The molecule has 0 unspecified atom stereocenters. The number of amides is 2. The van der Waals surface area contributed by atoms with E-state index in [9.17, 15) is 14.7 Å². The van der Waals surface area contributed by atoms with Crippen molar-refractivity contribution in [2.75, 3.05) is 26.3 Å². The van der Waals surface area contributed by atoms with Crippen molar-refractivity contribution in [2.45, 2.75) is 63.4 Å². The molecule has 3 rings (SSSR count). The molecule has 1 fully saturated rings. The molecule has 8 nitrogen and oxygen atoms in total. The van der Waals surface area contributed by atoms with Gasteiger partial charge in [0.1, 0.15) is 18.0 Å². The van der Waals surface area contributed by atoms with E-state index in [0.29, 0.717) is 37.3 Å². The van der Waals surface area contributed by atoms with E-state index in [-0.39, 0.29) is 37.5 Å². The number of carbonyl (C=O) groups excluding carboxylic acids is 2. The van der Waals surface area contributed by atoms with E-state index < -0.39 is 18.2 Å². The summed E-state index contributed by atoms with van der Waals surface area (Å²) in [6.45, 7) is 2.94. The molecule has 2 amide bonds. The zero-order valence-electron chi connectivity index (χ0n) is 18.9. The lowest BCUT2D eigenvalue weighted by atomic mass is 9.87. The number of hydrogen-bond donors (Lipinski definition) is 3. The minimum Gasteiger partial charge on any atom is -0.482 e. The van der Waals surface area contributed by atoms with Crippen LogP contribution in [0.5, 0.6) is 5.75 Å². The number of carbonyl (C=O) groups is 2. The summed E-state index contributed by atoms with van der Waals surface area (Å²) in [6, 6.07) is 6.82. The van der Waals surface area contributed by atoms with Crippen molar-refractivity contribution < 1.29 is 29.3 Å². The van der Waals surface area contributed by atoms with Gasteiger partial charge in [0, 0.05) is 38.1 Å². The lowest BCUT2D eigenvalue weighted by molar-refractivity contribution is -0.140. The average Bonchev–Trinajstić information content (AvgIpc) is 3.32. The summed E-state index contributed by atoms with van der Waals surface area (Å²) in [5, 5.41) is 23.1. The Morgan fingerprint density at radius 1 is 1.33 bits per heavy atom. The largest absolute Gasteiger partial charge is 0.482 e. The first-order valence-corrected chi connectivity index (χ1v) is 12.6. The maximum Gasteiger partial charge on any atom is 0.247 e. The zero-order chi connectivity index (χ0) is 23.8. The van der Waals surface area contributed by atoms with Crippen LogP contribution >= 0.6 is 22.6 Å². The number of rotatable bonds is 10. The first-order chi connectivity index (χ1) is 15.9. The van der Waals surface area contributed by atoms with Crippen molar-refractivity contribution in [3.8, 4) is 5.75 Å². The minimum absolute atomic E-state index is 0.0675. The molecular weight excluding hydrogens is 539 g/mol. The molecule has 182 valence electrons. The van der Waals surface area contributed by atoms with Crippen LogP contribution in [0.2, 0.25) is 0 Å². The molecule has 1 heterocycles. The molecule has 1 aromatic rings. The highest BCUT2D eigenvalue weighted by atomic mass is 127. The molecule has 1 saturated heterocycles. The molecule has 1 aromatic carbocycles. The van der Waals surface area contributed by atoms with Crippen LogP contribution in [-0.2, 0) is 14.3 Å². The van der Waals surface area contributed by atoms with E-state index in [2.05, 4.69) is 27.9 Å². The van der Waals surface area contributed by atoms with Gasteiger partial charge in [0.2, 0.25) is 11.8 Å². The SMILES string of the molecule is CCCC(=O)N(C[C@@H]1CCCO1)[C@@H]1CC(C(=O)NCCO)=C[C@H](Oc2ccccc2I)[C@H]1O. The quantitative estimate of drug-likeness (QED) is 0.371. The molecule has 0 saturated carbocycles. The maximum absolute atomic E-state index is 13.1. The predicted octanol–water partition coefficient (Wildman–Crippen LogP) is 2.01. The Kier molecular flexibility index (Phi) is 9.96. The fourth-order valence-corrected chi connectivity index (χ4v) is 4.77. The number of para-hydroxylation sites is 1. The van der Waals surface area contributed by atoms with Crippen LogP contribution in [-0.4, -0.2) is 77.6 Å². The van der Waals surface area contributed by atoms with Gasteiger partial charge in [-0.15, -0.1) is 0 Å². The second kappa shape index (κ2) is 12.7. The summed E-state index contributed by atoms with van der Waals surface area (Å²) in [6.07, 6.45) is 2.77. The lowest BCUT2D eigenvalue weighted by Crippen LogP contribution is -2.56. The summed E-state index contributed by atoms with van der Waals surface area (Å²) < 4.78 is 12.8. The van der Waals surface area contributed by atoms with Gasteiger partial charge in [0.25, 0.3) is 0 Å². The Morgan fingerprint density at radius 3 is 2.79 bits per heavy atom. The monoisotopic (exact) mass is 572 g/mol. The van der Waals surface area contributed by atoms with Gasteiger partial charge in [-0.1, -0.05) is 19.1 Å². The van der Waals surface area contributed by atoms with Crippen molar-refractivity contribution in [2.24, 2.45) is 0 Å². The normalized spacial score (nSPS) is 24.8. The molecular formula is C24H33IN2O6. The molecule has 0 spiro atoms. The Hall–Kier alpha value is -1.69. The first-order valence-electron chi connectivity index (χ1n) is 11.5. The van der Waals surface area contributed by atoms with E-state index in [1.165, 1.54) is 0 Å². The fraction of sp³-hybridized carbons (Fsp3) is 0.583. The molecule has 2 aliphatic rings. The van der Waals surface area contributed by atoms with Gasteiger partial charge in [0.05, 0.1) is 22.3 Å². The molecule has 0 radical (unpaired) electrons. The van der Waals surface area contributed by atoms with Crippen LogP contribution in [0, 0.1) is 3.57 Å². The number of aliphatic hydroxyl groups excluding tert-OH is 2. The highest BCUT2D eigenvalue weighted by Gasteiger charge is 2.41. The standard InChI is InChI=1S/C24H33IN2O6/c1-2-6-22(29)27(15-17-7-5-12-32-17)19-13-16(24(31)26-10-11-28)14-21(23(19)30)33-20-9-4-3-8-18(20)25/h3-4,8-9,14,17,19,21,23,28,30H,2,5-7,10-13,15H2,1H3,(H,26,31)/t17-,19+,21-,23-/m0/s1. The second-order valence-electron chi connectivity index (χ2n) is 8.38. The van der Waals surface area contributed by atoms with Gasteiger partial charge < -0.3 is 29.9 Å². The van der Waals surface area contributed by atoms with E-state index >= 15 is 0 Å². The smallest absolute Gasteiger partial charge is 0.247 e. The summed E-state index contributed by atoms with van der Waals surface area (Å²) in [4.78, 5) is 27.6. The molecule has 1 aliphatic carbocycles. The molecule has 0 aromatic heterocycles. The van der Waals surface area contributed by atoms with E-state index in [1.54, 1.807) is 11.0 Å². The molecule has 4 atom stereocenters. The van der Waals surface area contributed by atoms with Gasteiger partial charge in [-0.3, -0.25) is 9.59 Å². The highest BCUT2D eigenvalue weighted by molar-refractivity contribution is 14.1. The van der Waals surface area contributed by atoms with E-state index in [0.717, 1.165) is 16.4 Å². The number of nitrogens with zero attached hydrogens (tertiary/aromatic N) is 1. The third-order valence-corrected chi connectivity index (χ3v) is 6.81. The third-order valence-electron chi connectivity index (χ3n) is 5.92. The fourth-order valence-electron chi connectivity index (χ4n) is 4.25. The van der Waals surface area contributed by atoms with Gasteiger partial charge in [-0.25, -0.2) is 0 Å². The number of ether oxygens (including phenoxy) is 2. The lowest BCUT2D eigenvalue weighted by Gasteiger charge is -2.41. The first kappa shape index (κ1) is 25.9. The van der Waals surface area contributed by atoms with Gasteiger partial charge in [-0.05, 0) is 60.1 Å². The van der Waals surface area contributed by atoms with E-state index in [4.69, 9.17) is 14.6 Å². The molecule has 0 bridgehead atoms. The summed E-state index contributed by atoms with van der Waals surface area (Å²) in [7, 11) is 0. The number of nitrogens with one attached hydrogen (secondary N) is 1. The molecule has 33 heavy (non-hydrogen) atoms. The van der Waals surface area contributed by atoms with Gasteiger partial charge in [0.15, 0.2) is 0 Å². The predicted molar refractivity (Wildman–Crippen MR) is 132 cm³/mol. The maximum atomic E-state index is 13.1. The average molecular weight is 572 g/mol. The van der Waals surface area contributed by atoms with Crippen molar-refractivity contribution in [1.82, 2.24) is 10.2 Å². The van der Waals surface area contributed by atoms with Crippen molar-refractivity contribution in [1.29, 1.82) is 0 Å². The number of aliphatic hydroxyl groups is 2. The van der Waals surface area contributed by atoms with Crippen LogP contribution in [0.3, 0.4) is 0 Å². The minimum atomic E-state index is -1.02. The summed E-state index contributed by atoms with van der Waals surface area (Å²) in [5.74, 6) is 0.194. The number of halogens is 1. The summed E-state index contributed by atoms with van der Waals surface area (Å²) in [5.41, 5.74) is 0.427. The van der Waals surface area contributed by atoms with Crippen LogP contribution < -0.4 is 10.1 Å². The molecule has 3 N–H and O–H groups in total. The van der Waals surface area contributed by atoms with E-state index in [1.807, 2.05) is 31.2 Å². The Balaban J connectivity index is 1.90. The highest BCUT2D eigenvalue weighted by Crippen LogP contribution is 2.30. The molecule has 9 heteroatoms. The van der Waals surface area contributed by atoms with Crippen LogP contribution in [0.1, 0.15) is 39.0 Å². The Bertz CT molecular complexity index is 842. The third kappa shape index (κ3) is 6.91. The zero-order valence-corrected chi connectivity index (χ0v) is 21.1. The van der Waals surface area contributed by atoms with Crippen molar-refractivity contribution >= 4 is 34.4 Å². The number of benzene rings is 1. The van der Waals surface area contributed by atoms with Crippen LogP contribution in [0.4, 0.5) is 0 Å².